The highest BCUT2D eigenvalue weighted by molar-refractivity contribution is 6.30. The molecule has 5 nitrogen and oxygen atoms in total. The first kappa shape index (κ1) is 20.5. The van der Waals surface area contributed by atoms with Gasteiger partial charge in [-0.25, -0.2) is 0 Å². The summed E-state index contributed by atoms with van der Waals surface area (Å²) in [6, 6.07) is 13.9. The summed E-state index contributed by atoms with van der Waals surface area (Å²) in [5.41, 5.74) is 2.61. The Labute approximate surface area is 169 Å². The first-order valence-corrected chi connectivity index (χ1v) is 9.77. The normalized spacial score (nSPS) is 19.0. The highest BCUT2D eigenvalue weighted by Crippen LogP contribution is 2.22. The van der Waals surface area contributed by atoms with Gasteiger partial charge in [0.05, 0.1) is 25.2 Å². The highest BCUT2D eigenvalue weighted by atomic mass is 35.5. The number of hydrogen-bond acceptors (Lipinski definition) is 4. The molecule has 2 atom stereocenters. The Morgan fingerprint density at radius 1 is 1.00 bits per heavy atom. The minimum atomic E-state index is -0.676. The van der Waals surface area contributed by atoms with Gasteiger partial charge in [-0.15, -0.1) is 0 Å². The fraction of sp³-hybridized carbons (Fsp3) is 0.364. The molecule has 1 fully saturated rings. The minimum absolute atomic E-state index is 0.0320. The molecule has 0 radical (unpaired) electrons. The molecule has 0 saturated carbocycles. The number of aryl methyl sites for hydroxylation is 1. The predicted octanol–water partition coefficient (Wildman–Crippen LogP) is 2.54. The van der Waals surface area contributed by atoms with Crippen molar-refractivity contribution in [1.82, 2.24) is 4.90 Å². The van der Waals surface area contributed by atoms with Crippen molar-refractivity contribution >= 4 is 23.3 Å². The highest BCUT2D eigenvalue weighted by Gasteiger charge is 2.38. The first-order chi connectivity index (χ1) is 13.5. The van der Waals surface area contributed by atoms with E-state index in [0.717, 1.165) is 16.7 Å². The maximum absolute atomic E-state index is 12.7. The van der Waals surface area contributed by atoms with Crippen LogP contribution in [0.25, 0.3) is 0 Å². The van der Waals surface area contributed by atoms with Crippen LogP contribution in [0.3, 0.4) is 0 Å². The number of likely N-dealkylation sites (tertiary alicyclic amines) is 1. The number of aliphatic hydroxyl groups is 2. The van der Waals surface area contributed by atoms with Crippen LogP contribution in [0.5, 0.6) is 0 Å². The van der Waals surface area contributed by atoms with Crippen LogP contribution in [0.1, 0.15) is 29.5 Å². The molecule has 1 saturated heterocycles. The Morgan fingerprint density at radius 3 is 2.25 bits per heavy atom. The van der Waals surface area contributed by atoms with Crippen molar-refractivity contribution in [3.63, 3.8) is 0 Å². The zero-order chi connectivity index (χ0) is 20.1. The molecule has 6 heteroatoms. The van der Waals surface area contributed by atoms with E-state index in [1.807, 2.05) is 12.1 Å². The molecule has 0 aromatic heterocycles. The van der Waals surface area contributed by atoms with Crippen molar-refractivity contribution in [2.75, 3.05) is 6.54 Å². The van der Waals surface area contributed by atoms with Crippen LogP contribution < -0.4 is 0 Å². The molecule has 1 aliphatic rings. The van der Waals surface area contributed by atoms with Gasteiger partial charge in [-0.3, -0.25) is 9.59 Å². The van der Waals surface area contributed by atoms with Crippen LogP contribution in [0.4, 0.5) is 0 Å². The van der Waals surface area contributed by atoms with E-state index in [4.69, 9.17) is 16.7 Å². The van der Waals surface area contributed by atoms with Gasteiger partial charge < -0.3 is 15.1 Å². The fourth-order valence-electron chi connectivity index (χ4n) is 3.52. The zero-order valence-corrected chi connectivity index (χ0v) is 16.3. The summed E-state index contributed by atoms with van der Waals surface area (Å²) in [6.45, 7) is 0.141. The van der Waals surface area contributed by atoms with E-state index in [9.17, 15) is 14.7 Å². The Hall–Kier alpha value is -2.21. The summed E-state index contributed by atoms with van der Waals surface area (Å²) in [4.78, 5) is 27.0. The topological polar surface area (TPSA) is 77.8 Å². The third kappa shape index (κ3) is 5.19. The van der Waals surface area contributed by atoms with Gasteiger partial charge in [-0.1, -0.05) is 48.0 Å². The lowest BCUT2D eigenvalue weighted by Gasteiger charge is -2.23. The number of Topliss-reactive ketones (excluding diaryl/α,β-unsaturated/α-hetero) is 1. The fourth-order valence-corrected chi connectivity index (χ4v) is 3.64. The predicted molar refractivity (Wildman–Crippen MR) is 107 cm³/mol. The molecule has 0 unspecified atom stereocenters. The van der Waals surface area contributed by atoms with Gasteiger partial charge in [0.1, 0.15) is 0 Å². The second-order valence-electron chi connectivity index (χ2n) is 7.20. The number of amides is 1. The Balaban J connectivity index is 1.61. The standard InChI is InChI=1S/C22H24ClNO4/c23-18-8-5-15(6-9-18)7-10-21(27)20-12-19(26)13-24(20)22(28)11-16-1-3-17(14-25)4-2-16/h1-6,8-9,19-20,25-26H,7,10-14H2/t19-,20+/m1/s1. The van der Waals surface area contributed by atoms with Gasteiger partial charge in [0.15, 0.2) is 5.78 Å². The summed E-state index contributed by atoms with van der Waals surface area (Å²) >= 11 is 5.88. The molecule has 0 bridgehead atoms. The Bertz CT molecular complexity index is 819. The molecule has 148 valence electrons. The molecular weight excluding hydrogens is 378 g/mol. The van der Waals surface area contributed by atoms with Crippen molar-refractivity contribution in [2.45, 2.75) is 44.4 Å². The Kier molecular flexibility index (Phi) is 6.83. The largest absolute Gasteiger partial charge is 0.392 e. The first-order valence-electron chi connectivity index (χ1n) is 9.39. The number of nitrogens with zero attached hydrogens (tertiary/aromatic N) is 1. The van der Waals surface area contributed by atoms with Crippen molar-refractivity contribution < 1.29 is 19.8 Å². The molecule has 2 N–H and O–H groups in total. The van der Waals surface area contributed by atoms with Crippen LogP contribution in [-0.2, 0) is 29.0 Å². The molecule has 3 rings (SSSR count). The number of carbonyl (C=O) groups excluding carboxylic acids is 2. The smallest absolute Gasteiger partial charge is 0.227 e. The maximum atomic E-state index is 12.7. The van der Waals surface area contributed by atoms with Gasteiger partial charge >= 0.3 is 0 Å². The summed E-state index contributed by atoms with van der Waals surface area (Å²) in [5, 5.41) is 19.8. The lowest BCUT2D eigenvalue weighted by molar-refractivity contribution is -0.137. The van der Waals surface area contributed by atoms with Crippen molar-refractivity contribution in [3.8, 4) is 0 Å². The average Bonchev–Trinajstić information content (AvgIpc) is 3.10. The van der Waals surface area contributed by atoms with E-state index in [1.165, 1.54) is 4.90 Å². The van der Waals surface area contributed by atoms with E-state index in [1.54, 1.807) is 36.4 Å². The number of hydrogen-bond donors (Lipinski definition) is 2. The van der Waals surface area contributed by atoms with Crippen LogP contribution in [-0.4, -0.2) is 45.5 Å². The van der Waals surface area contributed by atoms with E-state index < -0.39 is 12.1 Å². The Morgan fingerprint density at radius 2 is 1.61 bits per heavy atom. The molecule has 0 aliphatic carbocycles. The molecule has 2 aromatic carbocycles. The average molecular weight is 402 g/mol. The summed E-state index contributed by atoms with van der Waals surface area (Å²) in [5.74, 6) is -0.200. The van der Waals surface area contributed by atoms with E-state index in [0.29, 0.717) is 17.9 Å². The van der Waals surface area contributed by atoms with E-state index in [2.05, 4.69) is 0 Å². The molecular formula is C22H24ClNO4. The van der Waals surface area contributed by atoms with Crippen LogP contribution >= 0.6 is 11.6 Å². The molecule has 1 amide bonds. The number of ketones is 1. The second kappa shape index (κ2) is 9.32. The second-order valence-corrected chi connectivity index (χ2v) is 7.63. The number of halogens is 1. The lowest BCUT2D eigenvalue weighted by Crippen LogP contribution is -2.41. The van der Waals surface area contributed by atoms with E-state index in [-0.39, 0.29) is 37.7 Å². The molecule has 1 aliphatic heterocycles. The number of benzene rings is 2. The van der Waals surface area contributed by atoms with Crippen LogP contribution in [0.2, 0.25) is 5.02 Å². The van der Waals surface area contributed by atoms with Gasteiger partial charge in [0, 0.05) is 24.4 Å². The summed E-state index contributed by atoms with van der Waals surface area (Å²) < 4.78 is 0. The lowest BCUT2D eigenvalue weighted by atomic mass is 10.0. The van der Waals surface area contributed by atoms with Crippen molar-refractivity contribution in [2.24, 2.45) is 0 Å². The van der Waals surface area contributed by atoms with Gasteiger partial charge in [-0.05, 0) is 35.2 Å². The zero-order valence-electron chi connectivity index (χ0n) is 15.6. The summed E-state index contributed by atoms with van der Waals surface area (Å²) in [7, 11) is 0. The number of rotatable bonds is 7. The maximum Gasteiger partial charge on any atom is 0.227 e. The SMILES string of the molecule is O=C(CCc1ccc(Cl)cc1)[C@@H]1C[C@@H](O)CN1C(=O)Cc1ccc(CO)cc1. The third-order valence-electron chi connectivity index (χ3n) is 5.11. The van der Waals surface area contributed by atoms with Crippen LogP contribution in [0, 0.1) is 0 Å². The molecule has 1 heterocycles. The van der Waals surface area contributed by atoms with E-state index >= 15 is 0 Å². The monoisotopic (exact) mass is 401 g/mol. The minimum Gasteiger partial charge on any atom is -0.392 e. The van der Waals surface area contributed by atoms with Gasteiger partial charge in [0.2, 0.25) is 5.91 Å². The van der Waals surface area contributed by atoms with Crippen molar-refractivity contribution in [1.29, 1.82) is 0 Å². The third-order valence-corrected chi connectivity index (χ3v) is 5.36. The van der Waals surface area contributed by atoms with Crippen LogP contribution in [0.15, 0.2) is 48.5 Å². The molecule has 2 aromatic rings. The van der Waals surface area contributed by atoms with Gasteiger partial charge in [0.25, 0.3) is 0 Å². The quantitative estimate of drug-likeness (QED) is 0.747. The number of carbonyl (C=O) groups is 2. The van der Waals surface area contributed by atoms with Gasteiger partial charge in [-0.2, -0.15) is 0 Å². The number of aliphatic hydroxyl groups excluding tert-OH is 2. The number of β-amino-alcohol motifs (C(OH)–C–C–N with tert-alkyl or cyclic N) is 1. The van der Waals surface area contributed by atoms with Crippen molar-refractivity contribution in [3.05, 3.63) is 70.2 Å². The molecule has 0 spiro atoms. The molecule has 28 heavy (non-hydrogen) atoms. The summed E-state index contributed by atoms with van der Waals surface area (Å²) in [6.07, 6.45) is 0.667.